The maximum absolute atomic E-state index is 9.12. The molecule has 92 valence electrons. The van der Waals surface area contributed by atoms with E-state index < -0.39 is 8.38 Å². The largest absolute Gasteiger partial charge is 0.350 e. The molecule has 3 aliphatic rings. The summed E-state index contributed by atoms with van der Waals surface area (Å²) in [5.41, 5.74) is 1.000. The smallest absolute Gasteiger partial charge is 0.168 e. The van der Waals surface area contributed by atoms with E-state index >= 15 is 0 Å². The summed E-state index contributed by atoms with van der Waals surface area (Å²) in [5, 5.41) is 0. The number of hydrogen-bond donors (Lipinski definition) is 2. The van der Waals surface area contributed by atoms with Crippen molar-refractivity contribution in [3.05, 3.63) is 0 Å². The van der Waals surface area contributed by atoms with Gasteiger partial charge < -0.3 is 9.79 Å². The summed E-state index contributed by atoms with van der Waals surface area (Å²) in [6, 6.07) is 0. The van der Waals surface area contributed by atoms with Crippen LogP contribution in [0.5, 0.6) is 0 Å². The van der Waals surface area contributed by atoms with Crippen LogP contribution in [0.2, 0.25) is 0 Å². The van der Waals surface area contributed by atoms with Crippen LogP contribution in [-0.2, 0) is 0 Å². The normalized spacial score (nSPS) is 38.4. The highest BCUT2D eigenvalue weighted by molar-refractivity contribution is 7.46. The van der Waals surface area contributed by atoms with E-state index in [1.807, 2.05) is 0 Å². The fraction of sp³-hybridized carbons (Fsp3) is 1.00. The first-order chi connectivity index (χ1) is 7.69. The van der Waals surface area contributed by atoms with Crippen molar-refractivity contribution >= 4 is 8.38 Å². The van der Waals surface area contributed by atoms with Gasteiger partial charge in [-0.05, 0) is 55.8 Å². The summed E-state index contributed by atoms with van der Waals surface area (Å²) in [6.45, 7) is 0. The molecule has 2 N–H and O–H groups in total. The molecule has 3 aliphatic carbocycles. The molecule has 0 amide bonds. The lowest BCUT2D eigenvalue weighted by Crippen LogP contribution is -2.46. The van der Waals surface area contributed by atoms with E-state index in [-0.39, 0.29) is 5.66 Å². The van der Waals surface area contributed by atoms with Gasteiger partial charge in [0, 0.05) is 5.66 Å². The monoisotopic (exact) mass is 242 g/mol. The number of hydrogen-bond acceptors (Lipinski definition) is 2. The first kappa shape index (κ1) is 11.4. The van der Waals surface area contributed by atoms with Crippen LogP contribution in [0.25, 0.3) is 0 Å². The van der Waals surface area contributed by atoms with Crippen LogP contribution in [0.3, 0.4) is 0 Å². The van der Waals surface area contributed by atoms with Crippen LogP contribution in [0.15, 0.2) is 0 Å². The minimum Gasteiger partial charge on any atom is -0.350 e. The Balaban J connectivity index is 1.44. The second kappa shape index (κ2) is 4.23. The van der Waals surface area contributed by atoms with E-state index in [0.717, 1.165) is 30.1 Å². The minimum atomic E-state index is -1.63. The third-order valence-corrected chi connectivity index (χ3v) is 6.52. The molecular formula is C13H23O2P. The second-order valence-corrected chi connectivity index (χ2v) is 7.81. The molecule has 0 atom stereocenters. The second-order valence-electron chi connectivity index (χ2n) is 6.43. The molecule has 0 aromatic carbocycles. The quantitative estimate of drug-likeness (QED) is 0.728. The molecule has 0 radical (unpaired) electrons. The SMILES string of the molecule is OP(O)C1CC(C2CC3(CCCCC3)C2)C1. The predicted molar refractivity (Wildman–Crippen MR) is 66.1 cm³/mol. The van der Waals surface area contributed by atoms with Crippen molar-refractivity contribution < 1.29 is 9.79 Å². The lowest BCUT2D eigenvalue weighted by atomic mass is 9.51. The topological polar surface area (TPSA) is 40.5 Å². The molecule has 0 saturated heterocycles. The Labute approximate surface area is 99.4 Å². The summed E-state index contributed by atoms with van der Waals surface area (Å²) in [7, 11) is -1.63. The highest BCUT2D eigenvalue weighted by Gasteiger charge is 2.50. The first-order valence-corrected chi connectivity index (χ1v) is 8.17. The zero-order valence-corrected chi connectivity index (χ0v) is 10.8. The van der Waals surface area contributed by atoms with Gasteiger partial charge in [-0.25, -0.2) is 0 Å². The van der Waals surface area contributed by atoms with E-state index in [1.165, 1.54) is 44.9 Å². The van der Waals surface area contributed by atoms with Crippen LogP contribution in [0.4, 0.5) is 0 Å². The van der Waals surface area contributed by atoms with Gasteiger partial charge in [-0.1, -0.05) is 19.3 Å². The third-order valence-electron chi connectivity index (χ3n) is 5.45. The predicted octanol–water partition coefficient (Wildman–Crippen LogP) is 3.42. The Morgan fingerprint density at radius 1 is 0.875 bits per heavy atom. The van der Waals surface area contributed by atoms with Crippen molar-refractivity contribution in [2.45, 2.75) is 63.4 Å². The van der Waals surface area contributed by atoms with Gasteiger partial charge in [0.15, 0.2) is 8.38 Å². The minimum absolute atomic E-state index is 0.253. The Hall–Kier alpha value is 0.350. The Morgan fingerprint density at radius 3 is 2.06 bits per heavy atom. The molecule has 3 saturated carbocycles. The van der Waals surface area contributed by atoms with E-state index in [9.17, 15) is 0 Å². The van der Waals surface area contributed by atoms with Gasteiger partial charge in [-0.2, -0.15) is 0 Å². The highest BCUT2D eigenvalue weighted by atomic mass is 31.2. The van der Waals surface area contributed by atoms with E-state index in [4.69, 9.17) is 9.79 Å². The fourth-order valence-electron chi connectivity index (χ4n) is 4.30. The molecular weight excluding hydrogens is 219 g/mol. The summed E-state index contributed by atoms with van der Waals surface area (Å²) < 4.78 is 0. The van der Waals surface area contributed by atoms with Crippen LogP contribution < -0.4 is 0 Å². The standard InChI is InChI=1S/C13H23O2P/c14-16(15)12-6-10(7-12)11-8-13(9-11)4-2-1-3-5-13/h10-12,14-15H,1-9H2. The summed E-state index contributed by atoms with van der Waals surface area (Å²) in [5.74, 6) is 1.77. The molecule has 1 spiro atoms. The fourth-order valence-corrected chi connectivity index (χ4v) is 5.22. The molecule has 0 bridgehead atoms. The molecule has 0 heterocycles. The van der Waals surface area contributed by atoms with Crippen LogP contribution in [-0.4, -0.2) is 15.4 Å². The summed E-state index contributed by atoms with van der Waals surface area (Å²) in [4.78, 5) is 18.2. The third kappa shape index (κ3) is 1.94. The summed E-state index contributed by atoms with van der Waals surface area (Å²) in [6.07, 6.45) is 12.4. The van der Waals surface area contributed by atoms with Gasteiger partial charge in [0.2, 0.25) is 0 Å². The molecule has 2 nitrogen and oxygen atoms in total. The van der Waals surface area contributed by atoms with Crippen molar-refractivity contribution in [1.82, 2.24) is 0 Å². The number of rotatable bonds is 2. The van der Waals surface area contributed by atoms with E-state index in [2.05, 4.69) is 0 Å². The molecule has 3 heteroatoms. The molecule has 0 aromatic rings. The van der Waals surface area contributed by atoms with Crippen molar-refractivity contribution in [3.8, 4) is 0 Å². The molecule has 0 aromatic heterocycles. The van der Waals surface area contributed by atoms with Crippen molar-refractivity contribution in [2.24, 2.45) is 17.3 Å². The van der Waals surface area contributed by atoms with Gasteiger partial charge in [-0.3, -0.25) is 0 Å². The highest BCUT2D eigenvalue weighted by Crippen LogP contribution is 2.61. The van der Waals surface area contributed by atoms with Gasteiger partial charge >= 0.3 is 0 Å². The molecule has 0 aliphatic heterocycles. The lowest BCUT2D eigenvalue weighted by Gasteiger charge is -2.56. The van der Waals surface area contributed by atoms with Crippen LogP contribution in [0.1, 0.15) is 57.8 Å². The molecule has 3 rings (SSSR count). The Kier molecular flexibility index (Phi) is 3.02. The molecule has 3 fully saturated rings. The maximum atomic E-state index is 9.12. The van der Waals surface area contributed by atoms with Crippen molar-refractivity contribution in [1.29, 1.82) is 0 Å². The molecule has 16 heavy (non-hydrogen) atoms. The van der Waals surface area contributed by atoms with Crippen molar-refractivity contribution in [2.75, 3.05) is 0 Å². The van der Waals surface area contributed by atoms with Gasteiger partial charge in [-0.15, -0.1) is 0 Å². The zero-order valence-electron chi connectivity index (χ0n) is 9.94. The first-order valence-electron chi connectivity index (χ1n) is 6.86. The van der Waals surface area contributed by atoms with Crippen molar-refractivity contribution in [3.63, 3.8) is 0 Å². The van der Waals surface area contributed by atoms with Gasteiger partial charge in [0.1, 0.15) is 0 Å². The summed E-state index contributed by atoms with van der Waals surface area (Å²) >= 11 is 0. The average molecular weight is 242 g/mol. The van der Waals surface area contributed by atoms with Gasteiger partial charge in [0.25, 0.3) is 0 Å². The maximum Gasteiger partial charge on any atom is 0.168 e. The molecule has 0 unspecified atom stereocenters. The van der Waals surface area contributed by atoms with Crippen LogP contribution >= 0.6 is 8.38 Å². The Morgan fingerprint density at radius 2 is 1.50 bits per heavy atom. The van der Waals surface area contributed by atoms with E-state index in [0.29, 0.717) is 0 Å². The van der Waals surface area contributed by atoms with Gasteiger partial charge in [0.05, 0.1) is 0 Å². The van der Waals surface area contributed by atoms with E-state index in [1.54, 1.807) is 0 Å². The Bertz CT molecular complexity index is 247. The lowest BCUT2D eigenvalue weighted by molar-refractivity contribution is -0.0351. The zero-order chi connectivity index (χ0) is 11.2. The van der Waals surface area contributed by atoms with Crippen LogP contribution in [0, 0.1) is 17.3 Å². The average Bonchev–Trinajstić information content (AvgIpc) is 2.13.